The zero-order valence-corrected chi connectivity index (χ0v) is 12.2. The summed E-state index contributed by atoms with van der Waals surface area (Å²) in [7, 11) is 0. The zero-order valence-electron chi connectivity index (χ0n) is 11.4. The standard InChI is InChI=1S/C14H14FN3O2S/c1-2-9-7-18(14(20)17-13(9)19)6-8-3-4-11(15)10(5-8)12(16)21/h3-5,7H,2,6H2,1H3,(H2,16,21)(H,17,19,20). The molecule has 21 heavy (non-hydrogen) atoms. The van der Waals surface area contributed by atoms with Crippen LogP contribution in [-0.2, 0) is 13.0 Å². The van der Waals surface area contributed by atoms with Gasteiger partial charge in [-0.3, -0.25) is 14.3 Å². The van der Waals surface area contributed by atoms with Crippen LogP contribution in [0.2, 0.25) is 0 Å². The van der Waals surface area contributed by atoms with Crippen LogP contribution in [0.3, 0.4) is 0 Å². The molecule has 0 bridgehead atoms. The number of aryl methyl sites for hydroxylation is 1. The summed E-state index contributed by atoms with van der Waals surface area (Å²) < 4.78 is 14.9. The lowest BCUT2D eigenvalue weighted by molar-refractivity contribution is 0.623. The molecule has 0 radical (unpaired) electrons. The number of halogens is 1. The van der Waals surface area contributed by atoms with Gasteiger partial charge in [-0.25, -0.2) is 9.18 Å². The highest BCUT2D eigenvalue weighted by Gasteiger charge is 2.08. The molecule has 0 saturated heterocycles. The maximum Gasteiger partial charge on any atom is 0.328 e. The fourth-order valence-corrected chi connectivity index (χ4v) is 2.14. The molecule has 1 heterocycles. The number of hydrogen-bond donors (Lipinski definition) is 2. The van der Waals surface area contributed by atoms with E-state index in [1.807, 2.05) is 6.92 Å². The first-order valence-electron chi connectivity index (χ1n) is 6.33. The highest BCUT2D eigenvalue weighted by molar-refractivity contribution is 7.80. The van der Waals surface area contributed by atoms with Gasteiger partial charge in [0.2, 0.25) is 0 Å². The molecule has 2 aromatic rings. The first kappa shape index (κ1) is 15.1. The molecule has 3 N–H and O–H groups in total. The Balaban J connectivity index is 2.43. The molecular formula is C14H14FN3O2S. The summed E-state index contributed by atoms with van der Waals surface area (Å²) in [6.45, 7) is 2.01. The quantitative estimate of drug-likeness (QED) is 0.823. The van der Waals surface area contributed by atoms with Crippen LogP contribution >= 0.6 is 12.2 Å². The van der Waals surface area contributed by atoms with Crippen molar-refractivity contribution >= 4 is 17.2 Å². The van der Waals surface area contributed by atoms with Gasteiger partial charge in [0.15, 0.2) is 0 Å². The molecule has 0 aliphatic rings. The number of nitrogens with zero attached hydrogens (tertiary/aromatic N) is 1. The number of benzene rings is 1. The van der Waals surface area contributed by atoms with Crippen LogP contribution in [0.25, 0.3) is 0 Å². The number of rotatable bonds is 4. The van der Waals surface area contributed by atoms with Crippen molar-refractivity contribution in [2.75, 3.05) is 0 Å². The lowest BCUT2D eigenvalue weighted by Gasteiger charge is -2.09. The second kappa shape index (κ2) is 6.01. The third-order valence-corrected chi connectivity index (χ3v) is 3.33. The van der Waals surface area contributed by atoms with Crippen molar-refractivity contribution in [1.82, 2.24) is 9.55 Å². The Labute approximate surface area is 125 Å². The number of hydrogen-bond acceptors (Lipinski definition) is 3. The Morgan fingerprint density at radius 1 is 1.43 bits per heavy atom. The van der Waals surface area contributed by atoms with Crippen molar-refractivity contribution in [2.24, 2.45) is 5.73 Å². The van der Waals surface area contributed by atoms with Crippen molar-refractivity contribution in [3.63, 3.8) is 0 Å². The highest BCUT2D eigenvalue weighted by Crippen LogP contribution is 2.11. The summed E-state index contributed by atoms with van der Waals surface area (Å²) in [5.41, 5.74) is 5.85. The molecule has 0 spiro atoms. The second-order valence-electron chi connectivity index (χ2n) is 4.57. The van der Waals surface area contributed by atoms with Crippen molar-refractivity contribution in [2.45, 2.75) is 19.9 Å². The van der Waals surface area contributed by atoms with Crippen molar-refractivity contribution < 1.29 is 4.39 Å². The fraction of sp³-hybridized carbons (Fsp3) is 0.214. The van der Waals surface area contributed by atoms with Gasteiger partial charge in [0.1, 0.15) is 10.8 Å². The summed E-state index contributed by atoms with van der Waals surface area (Å²) in [5, 5.41) is 0. The molecule has 0 saturated carbocycles. The monoisotopic (exact) mass is 307 g/mol. The van der Waals surface area contributed by atoms with Gasteiger partial charge in [-0.15, -0.1) is 0 Å². The third-order valence-electron chi connectivity index (χ3n) is 3.11. The number of aromatic nitrogens is 2. The van der Waals surface area contributed by atoms with Gasteiger partial charge < -0.3 is 5.73 Å². The summed E-state index contributed by atoms with van der Waals surface area (Å²) in [4.78, 5) is 25.5. The molecule has 0 aliphatic heterocycles. The molecule has 0 aliphatic carbocycles. The molecule has 0 amide bonds. The molecule has 1 aromatic carbocycles. The summed E-state index contributed by atoms with van der Waals surface area (Å²) in [6, 6.07) is 4.29. The maximum absolute atomic E-state index is 13.5. The SMILES string of the molecule is CCc1cn(Cc2ccc(F)c(C(N)=S)c2)c(=O)[nH]c1=O. The second-order valence-corrected chi connectivity index (χ2v) is 5.01. The lowest BCUT2D eigenvalue weighted by Crippen LogP contribution is -2.31. The largest absolute Gasteiger partial charge is 0.389 e. The number of thiocarbonyl (C=S) groups is 1. The van der Waals surface area contributed by atoms with Crippen LogP contribution in [0.5, 0.6) is 0 Å². The Bertz CT molecular complexity index is 811. The van der Waals surface area contributed by atoms with Crippen LogP contribution in [-0.4, -0.2) is 14.5 Å². The van der Waals surface area contributed by atoms with E-state index in [2.05, 4.69) is 4.98 Å². The third kappa shape index (κ3) is 3.25. The van der Waals surface area contributed by atoms with E-state index in [1.54, 1.807) is 6.07 Å². The number of nitrogens with one attached hydrogen (secondary N) is 1. The molecule has 5 nitrogen and oxygen atoms in total. The summed E-state index contributed by atoms with van der Waals surface area (Å²) in [6.07, 6.45) is 2.02. The van der Waals surface area contributed by atoms with Gasteiger partial charge >= 0.3 is 5.69 Å². The van der Waals surface area contributed by atoms with E-state index in [0.717, 1.165) is 0 Å². The Morgan fingerprint density at radius 2 is 2.14 bits per heavy atom. The van der Waals surface area contributed by atoms with Crippen LogP contribution in [0.4, 0.5) is 4.39 Å². The fourth-order valence-electron chi connectivity index (χ4n) is 1.98. The summed E-state index contributed by atoms with van der Waals surface area (Å²) in [5.74, 6) is -0.505. The lowest BCUT2D eigenvalue weighted by atomic mass is 10.1. The Morgan fingerprint density at radius 3 is 2.76 bits per heavy atom. The molecule has 110 valence electrons. The normalized spacial score (nSPS) is 10.6. The Kier molecular flexibility index (Phi) is 4.32. The van der Waals surface area contributed by atoms with Crippen molar-refractivity contribution in [3.05, 3.63) is 67.7 Å². The minimum atomic E-state index is -0.515. The Hall–Kier alpha value is -2.28. The number of H-pyrrole nitrogens is 1. The molecule has 0 unspecified atom stereocenters. The zero-order chi connectivity index (χ0) is 15.6. The average Bonchev–Trinajstić information content (AvgIpc) is 2.43. The summed E-state index contributed by atoms with van der Waals surface area (Å²) >= 11 is 4.78. The first-order valence-corrected chi connectivity index (χ1v) is 6.74. The minimum absolute atomic E-state index is 0.0441. The van der Waals surface area contributed by atoms with E-state index >= 15 is 0 Å². The number of aromatic amines is 1. The highest BCUT2D eigenvalue weighted by atomic mass is 32.1. The van der Waals surface area contributed by atoms with Gasteiger partial charge in [0, 0.05) is 17.3 Å². The maximum atomic E-state index is 13.5. The molecule has 0 atom stereocenters. The predicted molar refractivity (Wildman–Crippen MR) is 82.1 cm³/mol. The van der Waals surface area contributed by atoms with Crippen LogP contribution in [0.15, 0.2) is 34.0 Å². The molecule has 0 fully saturated rings. The van der Waals surface area contributed by atoms with Gasteiger partial charge in [0.25, 0.3) is 5.56 Å². The molecule has 7 heteroatoms. The van der Waals surface area contributed by atoms with E-state index in [1.165, 1.54) is 22.9 Å². The van der Waals surface area contributed by atoms with Gasteiger partial charge in [-0.1, -0.05) is 25.2 Å². The average molecular weight is 307 g/mol. The molecule has 1 aromatic heterocycles. The van der Waals surface area contributed by atoms with E-state index in [0.29, 0.717) is 17.5 Å². The van der Waals surface area contributed by atoms with Crippen molar-refractivity contribution in [3.8, 4) is 0 Å². The minimum Gasteiger partial charge on any atom is -0.389 e. The van der Waals surface area contributed by atoms with E-state index in [-0.39, 0.29) is 22.7 Å². The van der Waals surface area contributed by atoms with Gasteiger partial charge in [-0.2, -0.15) is 0 Å². The van der Waals surface area contributed by atoms with Crippen LogP contribution in [0.1, 0.15) is 23.6 Å². The topological polar surface area (TPSA) is 80.9 Å². The molecular weight excluding hydrogens is 293 g/mol. The van der Waals surface area contributed by atoms with E-state index in [9.17, 15) is 14.0 Å². The van der Waals surface area contributed by atoms with E-state index in [4.69, 9.17) is 18.0 Å². The molecule has 2 rings (SSSR count). The van der Waals surface area contributed by atoms with Crippen molar-refractivity contribution in [1.29, 1.82) is 0 Å². The van der Waals surface area contributed by atoms with Gasteiger partial charge in [0.05, 0.1) is 6.54 Å². The predicted octanol–water partition coefficient (Wildman–Crippen LogP) is 0.921. The van der Waals surface area contributed by atoms with Crippen LogP contribution < -0.4 is 17.0 Å². The van der Waals surface area contributed by atoms with Crippen LogP contribution in [0, 0.1) is 5.82 Å². The van der Waals surface area contributed by atoms with Gasteiger partial charge in [-0.05, 0) is 24.1 Å². The smallest absolute Gasteiger partial charge is 0.328 e. The van der Waals surface area contributed by atoms with E-state index < -0.39 is 11.5 Å². The number of nitrogens with two attached hydrogens (primary N) is 1. The first-order chi connectivity index (χ1) is 9.92.